The highest BCUT2D eigenvalue weighted by Gasteiger charge is 2.18. The quantitative estimate of drug-likeness (QED) is 0.918. The van der Waals surface area contributed by atoms with Gasteiger partial charge in [0.05, 0.1) is 0 Å². The summed E-state index contributed by atoms with van der Waals surface area (Å²) in [5.74, 6) is 1.81. The molecule has 0 spiro atoms. The van der Waals surface area contributed by atoms with Crippen LogP contribution in [0.2, 0.25) is 0 Å². The molecule has 2 N–H and O–H groups in total. The third-order valence-corrected chi connectivity index (χ3v) is 3.07. The van der Waals surface area contributed by atoms with Gasteiger partial charge in [0.1, 0.15) is 11.6 Å². The van der Waals surface area contributed by atoms with Gasteiger partial charge in [-0.1, -0.05) is 20.8 Å². The molecule has 2 rings (SSSR count). The van der Waals surface area contributed by atoms with Crippen LogP contribution in [0.25, 0.3) is 5.65 Å². The van der Waals surface area contributed by atoms with Crippen LogP contribution in [-0.2, 0) is 6.42 Å². The molecule has 1 atom stereocenters. The molecule has 0 bridgehead atoms. The fraction of sp³-hybridized carbons (Fsp3) is 0.643. The minimum absolute atomic E-state index is 0.0908. The summed E-state index contributed by atoms with van der Waals surface area (Å²) in [6.45, 7) is 10.5. The molecule has 2 aromatic heterocycles. The van der Waals surface area contributed by atoms with Crippen LogP contribution in [0.3, 0.4) is 0 Å². The van der Waals surface area contributed by atoms with Gasteiger partial charge in [-0.25, -0.2) is 4.98 Å². The van der Waals surface area contributed by atoms with E-state index in [2.05, 4.69) is 36.0 Å². The molecule has 2 heterocycles. The van der Waals surface area contributed by atoms with Crippen molar-refractivity contribution in [2.24, 2.45) is 11.1 Å². The molecule has 0 aromatic carbocycles. The lowest BCUT2D eigenvalue weighted by atomic mass is 9.87. The Balaban J connectivity index is 2.27. The van der Waals surface area contributed by atoms with Crippen LogP contribution in [0.4, 0.5) is 0 Å². The first-order valence-electron chi connectivity index (χ1n) is 6.70. The topological polar surface area (TPSA) is 69.1 Å². The van der Waals surface area contributed by atoms with Gasteiger partial charge in [-0.05, 0) is 25.7 Å². The molecule has 0 radical (unpaired) electrons. The van der Waals surface area contributed by atoms with Gasteiger partial charge >= 0.3 is 0 Å². The summed E-state index contributed by atoms with van der Waals surface area (Å²) in [5.41, 5.74) is 8.26. The molecular formula is C14H23N5. The molecule has 5 heteroatoms. The fourth-order valence-electron chi connectivity index (χ4n) is 2.53. The van der Waals surface area contributed by atoms with E-state index in [9.17, 15) is 0 Å². The van der Waals surface area contributed by atoms with Gasteiger partial charge in [-0.15, -0.1) is 10.2 Å². The van der Waals surface area contributed by atoms with Gasteiger partial charge < -0.3 is 5.73 Å². The van der Waals surface area contributed by atoms with Crippen LogP contribution in [-0.4, -0.2) is 25.6 Å². The summed E-state index contributed by atoms with van der Waals surface area (Å²) in [7, 11) is 0. The van der Waals surface area contributed by atoms with Crippen molar-refractivity contribution in [1.82, 2.24) is 19.6 Å². The van der Waals surface area contributed by atoms with Crippen molar-refractivity contribution in [2.45, 2.75) is 53.5 Å². The second-order valence-electron chi connectivity index (χ2n) is 6.48. The molecule has 1 unspecified atom stereocenters. The monoisotopic (exact) mass is 261 g/mol. The van der Waals surface area contributed by atoms with Crippen molar-refractivity contribution < 1.29 is 0 Å². The first kappa shape index (κ1) is 13.9. The maximum absolute atomic E-state index is 6.22. The lowest BCUT2D eigenvalue weighted by molar-refractivity contribution is 0.336. The van der Waals surface area contributed by atoms with Gasteiger partial charge in [0.15, 0.2) is 5.65 Å². The number of aromatic nitrogens is 4. The van der Waals surface area contributed by atoms with E-state index < -0.39 is 0 Å². The van der Waals surface area contributed by atoms with Crippen molar-refractivity contribution in [3.8, 4) is 0 Å². The fourth-order valence-corrected chi connectivity index (χ4v) is 2.53. The smallest absolute Gasteiger partial charge is 0.164 e. The number of rotatable bonds is 3. The molecule has 0 aliphatic rings. The Bertz CT molecular complexity index is 579. The van der Waals surface area contributed by atoms with E-state index in [0.717, 1.165) is 35.8 Å². The van der Waals surface area contributed by atoms with E-state index in [0.29, 0.717) is 0 Å². The zero-order valence-corrected chi connectivity index (χ0v) is 12.4. The third-order valence-electron chi connectivity index (χ3n) is 3.07. The molecule has 0 aliphatic carbocycles. The average molecular weight is 261 g/mol. The van der Waals surface area contributed by atoms with E-state index in [1.165, 1.54) is 0 Å². The SMILES string of the molecule is Cc1cc2nnc(CC(N)CC(C)(C)C)n2c(C)n1. The Kier molecular flexibility index (Phi) is 3.58. The van der Waals surface area contributed by atoms with Gasteiger partial charge in [-0.3, -0.25) is 4.40 Å². The molecule has 0 saturated heterocycles. The average Bonchev–Trinajstić information content (AvgIpc) is 2.57. The van der Waals surface area contributed by atoms with Crippen molar-refractivity contribution in [2.75, 3.05) is 0 Å². The molecule has 0 fully saturated rings. The van der Waals surface area contributed by atoms with Crippen LogP contribution in [0.5, 0.6) is 0 Å². The van der Waals surface area contributed by atoms with E-state index >= 15 is 0 Å². The number of nitrogens with two attached hydrogens (primary N) is 1. The predicted molar refractivity (Wildman–Crippen MR) is 76.0 cm³/mol. The predicted octanol–water partition coefficient (Wildman–Crippen LogP) is 2.05. The molecule has 2 aromatic rings. The normalized spacial score (nSPS) is 14.0. The standard InChI is InChI=1S/C14H23N5/c1-9-6-12-17-18-13(19(12)10(2)16-9)7-11(15)8-14(3,4)5/h6,11H,7-8,15H2,1-5H3. The molecule has 0 amide bonds. The molecule has 0 saturated carbocycles. The lowest BCUT2D eigenvalue weighted by Crippen LogP contribution is -2.29. The highest BCUT2D eigenvalue weighted by atomic mass is 15.3. The van der Waals surface area contributed by atoms with Crippen LogP contribution in [0.1, 0.15) is 44.5 Å². The van der Waals surface area contributed by atoms with Gasteiger partial charge in [0.2, 0.25) is 0 Å². The Morgan fingerprint density at radius 3 is 2.58 bits per heavy atom. The van der Waals surface area contributed by atoms with Crippen LogP contribution < -0.4 is 5.73 Å². The summed E-state index contributed by atoms with van der Waals surface area (Å²) in [5, 5.41) is 8.47. The van der Waals surface area contributed by atoms with E-state index in [-0.39, 0.29) is 11.5 Å². The second kappa shape index (κ2) is 4.89. The zero-order valence-electron chi connectivity index (χ0n) is 12.4. The molecule has 104 valence electrons. The Hall–Kier alpha value is -1.49. The highest BCUT2D eigenvalue weighted by molar-refractivity contribution is 5.39. The minimum atomic E-state index is 0.0908. The summed E-state index contributed by atoms with van der Waals surface area (Å²) < 4.78 is 2.00. The first-order valence-corrected chi connectivity index (χ1v) is 6.70. The van der Waals surface area contributed by atoms with E-state index in [1.54, 1.807) is 0 Å². The minimum Gasteiger partial charge on any atom is -0.327 e. The summed E-state index contributed by atoms with van der Waals surface area (Å²) in [6.07, 6.45) is 1.68. The summed E-state index contributed by atoms with van der Waals surface area (Å²) >= 11 is 0. The van der Waals surface area contributed by atoms with Crippen molar-refractivity contribution in [1.29, 1.82) is 0 Å². The van der Waals surface area contributed by atoms with Gasteiger partial charge in [0, 0.05) is 24.2 Å². The van der Waals surface area contributed by atoms with E-state index in [4.69, 9.17) is 5.73 Å². The van der Waals surface area contributed by atoms with Crippen molar-refractivity contribution >= 4 is 5.65 Å². The third kappa shape index (κ3) is 3.29. The highest BCUT2D eigenvalue weighted by Crippen LogP contribution is 2.21. The molecule has 19 heavy (non-hydrogen) atoms. The summed E-state index contributed by atoms with van der Waals surface area (Å²) in [4.78, 5) is 4.46. The number of aryl methyl sites for hydroxylation is 2. The Morgan fingerprint density at radius 2 is 1.95 bits per heavy atom. The number of hydrogen-bond acceptors (Lipinski definition) is 4. The Labute approximate surface area is 114 Å². The largest absolute Gasteiger partial charge is 0.327 e. The number of nitrogens with zero attached hydrogens (tertiary/aromatic N) is 4. The van der Waals surface area contributed by atoms with E-state index in [1.807, 2.05) is 24.3 Å². The maximum Gasteiger partial charge on any atom is 0.164 e. The van der Waals surface area contributed by atoms with Crippen LogP contribution in [0, 0.1) is 19.3 Å². The van der Waals surface area contributed by atoms with Crippen LogP contribution in [0.15, 0.2) is 6.07 Å². The van der Waals surface area contributed by atoms with Crippen molar-refractivity contribution in [3.63, 3.8) is 0 Å². The van der Waals surface area contributed by atoms with Crippen molar-refractivity contribution in [3.05, 3.63) is 23.4 Å². The lowest BCUT2D eigenvalue weighted by Gasteiger charge is -2.22. The summed E-state index contributed by atoms with van der Waals surface area (Å²) in [6, 6.07) is 2.03. The van der Waals surface area contributed by atoms with Gasteiger partial charge in [-0.2, -0.15) is 0 Å². The molecule has 5 nitrogen and oxygen atoms in total. The van der Waals surface area contributed by atoms with Crippen LogP contribution >= 0.6 is 0 Å². The van der Waals surface area contributed by atoms with Gasteiger partial charge in [0.25, 0.3) is 0 Å². The second-order valence-corrected chi connectivity index (χ2v) is 6.48. The molecular weight excluding hydrogens is 238 g/mol. The molecule has 0 aliphatic heterocycles. The Morgan fingerprint density at radius 1 is 1.26 bits per heavy atom. The number of hydrogen-bond donors (Lipinski definition) is 1. The number of fused-ring (bicyclic) bond motifs is 1. The maximum atomic E-state index is 6.22. The first-order chi connectivity index (χ1) is 8.76. The zero-order chi connectivity index (χ0) is 14.2.